The molecule has 0 saturated carbocycles. The van der Waals surface area contributed by atoms with E-state index in [1.807, 2.05) is 41.3 Å². The van der Waals surface area contributed by atoms with Crippen LogP contribution in [0.1, 0.15) is 15.9 Å². The molecule has 0 spiro atoms. The molecule has 1 amide bonds. The summed E-state index contributed by atoms with van der Waals surface area (Å²) in [5.41, 5.74) is 2.92. The molecule has 96 valence electrons. The predicted molar refractivity (Wildman–Crippen MR) is 74.8 cm³/mol. The van der Waals surface area contributed by atoms with Crippen LogP contribution in [0.15, 0.2) is 48.5 Å². The van der Waals surface area contributed by atoms with E-state index < -0.39 is 0 Å². The van der Waals surface area contributed by atoms with Crippen LogP contribution < -0.4 is 9.64 Å². The van der Waals surface area contributed by atoms with Crippen LogP contribution in [0.5, 0.6) is 5.75 Å². The SMILES string of the molecule is COc1cccc(C(=O)N2CCc3ccccc32)c1. The summed E-state index contributed by atoms with van der Waals surface area (Å²) in [4.78, 5) is 14.4. The predicted octanol–water partition coefficient (Wildman–Crippen LogP) is 2.90. The molecule has 0 fully saturated rings. The van der Waals surface area contributed by atoms with Gasteiger partial charge in [-0.05, 0) is 36.2 Å². The standard InChI is InChI=1S/C16H15NO2/c1-19-14-7-4-6-13(11-14)16(18)17-10-9-12-5-2-3-8-15(12)17/h2-8,11H,9-10H2,1H3. The van der Waals surface area contributed by atoms with Crippen molar-refractivity contribution in [2.45, 2.75) is 6.42 Å². The molecule has 0 atom stereocenters. The lowest BCUT2D eigenvalue weighted by atomic mass is 10.1. The lowest BCUT2D eigenvalue weighted by molar-refractivity contribution is 0.0989. The van der Waals surface area contributed by atoms with Gasteiger partial charge in [-0.3, -0.25) is 4.79 Å². The number of methoxy groups -OCH3 is 1. The van der Waals surface area contributed by atoms with Crippen molar-refractivity contribution in [3.05, 3.63) is 59.7 Å². The first-order valence-corrected chi connectivity index (χ1v) is 6.33. The van der Waals surface area contributed by atoms with Gasteiger partial charge in [0, 0.05) is 17.8 Å². The molecular weight excluding hydrogens is 238 g/mol. The smallest absolute Gasteiger partial charge is 0.258 e. The van der Waals surface area contributed by atoms with Crippen LogP contribution in [0.4, 0.5) is 5.69 Å². The van der Waals surface area contributed by atoms with E-state index in [1.165, 1.54) is 5.56 Å². The average molecular weight is 253 g/mol. The van der Waals surface area contributed by atoms with Crippen LogP contribution in [-0.4, -0.2) is 19.6 Å². The van der Waals surface area contributed by atoms with Gasteiger partial charge in [-0.2, -0.15) is 0 Å². The summed E-state index contributed by atoms with van der Waals surface area (Å²) in [5.74, 6) is 0.738. The van der Waals surface area contributed by atoms with Gasteiger partial charge in [-0.25, -0.2) is 0 Å². The van der Waals surface area contributed by atoms with Gasteiger partial charge in [-0.15, -0.1) is 0 Å². The van der Waals surface area contributed by atoms with E-state index in [0.29, 0.717) is 11.3 Å². The number of nitrogens with zero attached hydrogens (tertiary/aromatic N) is 1. The highest BCUT2D eigenvalue weighted by atomic mass is 16.5. The summed E-state index contributed by atoms with van der Waals surface area (Å²) in [6, 6.07) is 15.3. The van der Waals surface area contributed by atoms with Crippen LogP contribution in [-0.2, 0) is 6.42 Å². The van der Waals surface area contributed by atoms with Gasteiger partial charge in [0.2, 0.25) is 0 Å². The maximum atomic E-state index is 12.5. The monoisotopic (exact) mass is 253 g/mol. The van der Waals surface area contributed by atoms with E-state index in [2.05, 4.69) is 6.07 Å². The van der Waals surface area contributed by atoms with Crippen LogP contribution >= 0.6 is 0 Å². The quantitative estimate of drug-likeness (QED) is 0.823. The molecule has 0 radical (unpaired) electrons. The van der Waals surface area contributed by atoms with E-state index in [0.717, 1.165) is 18.7 Å². The molecule has 0 aliphatic carbocycles. The molecule has 2 aromatic carbocycles. The third-order valence-electron chi connectivity index (χ3n) is 3.45. The first-order valence-electron chi connectivity index (χ1n) is 6.33. The van der Waals surface area contributed by atoms with Crippen molar-refractivity contribution in [3.63, 3.8) is 0 Å². The number of benzene rings is 2. The Balaban J connectivity index is 1.93. The van der Waals surface area contributed by atoms with Crippen molar-refractivity contribution in [3.8, 4) is 5.75 Å². The summed E-state index contributed by atoms with van der Waals surface area (Å²) in [6.45, 7) is 0.745. The van der Waals surface area contributed by atoms with Gasteiger partial charge < -0.3 is 9.64 Å². The van der Waals surface area contributed by atoms with Crippen molar-refractivity contribution >= 4 is 11.6 Å². The van der Waals surface area contributed by atoms with Gasteiger partial charge in [0.15, 0.2) is 0 Å². The van der Waals surface area contributed by atoms with Gasteiger partial charge in [0.25, 0.3) is 5.91 Å². The lowest BCUT2D eigenvalue weighted by Gasteiger charge is -2.17. The van der Waals surface area contributed by atoms with E-state index in [-0.39, 0.29) is 5.91 Å². The number of anilines is 1. The number of carbonyl (C=O) groups is 1. The fraction of sp³-hybridized carbons (Fsp3) is 0.188. The van der Waals surface area contributed by atoms with E-state index in [9.17, 15) is 4.79 Å². The van der Waals surface area contributed by atoms with Crippen molar-refractivity contribution in [1.82, 2.24) is 0 Å². The Hall–Kier alpha value is -2.29. The topological polar surface area (TPSA) is 29.5 Å². The second-order valence-electron chi connectivity index (χ2n) is 4.57. The molecule has 2 aromatic rings. The maximum absolute atomic E-state index is 12.5. The van der Waals surface area contributed by atoms with Crippen LogP contribution in [0.25, 0.3) is 0 Å². The molecular formula is C16H15NO2. The highest BCUT2D eigenvalue weighted by Gasteiger charge is 2.25. The Labute approximate surface area is 112 Å². The zero-order chi connectivity index (χ0) is 13.2. The zero-order valence-electron chi connectivity index (χ0n) is 10.8. The number of hydrogen-bond acceptors (Lipinski definition) is 2. The minimum atomic E-state index is 0.0313. The Morgan fingerprint density at radius 1 is 1.16 bits per heavy atom. The highest BCUT2D eigenvalue weighted by Crippen LogP contribution is 2.29. The van der Waals surface area contributed by atoms with Crippen molar-refractivity contribution in [1.29, 1.82) is 0 Å². The Kier molecular flexibility index (Phi) is 2.95. The molecule has 19 heavy (non-hydrogen) atoms. The minimum absolute atomic E-state index is 0.0313. The average Bonchev–Trinajstić information content (AvgIpc) is 2.90. The van der Waals surface area contributed by atoms with E-state index >= 15 is 0 Å². The number of ether oxygens (including phenoxy) is 1. The molecule has 3 heteroatoms. The van der Waals surface area contributed by atoms with E-state index in [4.69, 9.17) is 4.74 Å². The largest absolute Gasteiger partial charge is 0.497 e. The van der Waals surface area contributed by atoms with E-state index in [1.54, 1.807) is 13.2 Å². The fourth-order valence-corrected chi connectivity index (χ4v) is 2.46. The highest BCUT2D eigenvalue weighted by molar-refractivity contribution is 6.07. The first kappa shape index (κ1) is 11.8. The van der Waals surface area contributed by atoms with Crippen molar-refractivity contribution in [2.75, 3.05) is 18.6 Å². The first-order chi connectivity index (χ1) is 9.29. The number of para-hydroxylation sites is 1. The second-order valence-corrected chi connectivity index (χ2v) is 4.57. The molecule has 1 heterocycles. The number of rotatable bonds is 2. The minimum Gasteiger partial charge on any atom is -0.497 e. The molecule has 0 aromatic heterocycles. The molecule has 0 bridgehead atoms. The van der Waals surface area contributed by atoms with Crippen molar-refractivity contribution in [2.24, 2.45) is 0 Å². The van der Waals surface area contributed by atoms with Crippen LogP contribution in [0, 0.1) is 0 Å². The molecule has 3 rings (SSSR count). The third kappa shape index (κ3) is 2.08. The summed E-state index contributed by atoms with van der Waals surface area (Å²) in [7, 11) is 1.61. The summed E-state index contributed by atoms with van der Waals surface area (Å²) in [6.07, 6.45) is 0.923. The fourth-order valence-electron chi connectivity index (χ4n) is 2.46. The normalized spacial score (nSPS) is 13.2. The number of hydrogen-bond donors (Lipinski definition) is 0. The Bertz CT molecular complexity index is 622. The Morgan fingerprint density at radius 2 is 2.00 bits per heavy atom. The maximum Gasteiger partial charge on any atom is 0.258 e. The van der Waals surface area contributed by atoms with Crippen LogP contribution in [0.2, 0.25) is 0 Å². The van der Waals surface area contributed by atoms with Gasteiger partial charge in [0.05, 0.1) is 7.11 Å². The number of carbonyl (C=O) groups excluding carboxylic acids is 1. The van der Waals surface area contributed by atoms with Gasteiger partial charge in [0.1, 0.15) is 5.75 Å². The summed E-state index contributed by atoms with van der Waals surface area (Å²) >= 11 is 0. The molecule has 1 aliphatic heterocycles. The third-order valence-corrected chi connectivity index (χ3v) is 3.45. The van der Waals surface area contributed by atoms with Gasteiger partial charge in [-0.1, -0.05) is 24.3 Å². The molecule has 0 N–H and O–H groups in total. The zero-order valence-corrected chi connectivity index (χ0v) is 10.8. The molecule has 0 unspecified atom stereocenters. The second kappa shape index (κ2) is 4.76. The van der Waals surface area contributed by atoms with Crippen LogP contribution in [0.3, 0.4) is 0 Å². The molecule has 0 saturated heterocycles. The Morgan fingerprint density at radius 3 is 2.84 bits per heavy atom. The summed E-state index contributed by atoms with van der Waals surface area (Å²) in [5, 5.41) is 0. The summed E-state index contributed by atoms with van der Waals surface area (Å²) < 4.78 is 5.17. The lowest BCUT2D eigenvalue weighted by Crippen LogP contribution is -2.28. The number of fused-ring (bicyclic) bond motifs is 1. The molecule has 1 aliphatic rings. The van der Waals surface area contributed by atoms with Crippen molar-refractivity contribution < 1.29 is 9.53 Å². The molecule has 3 nitrogen and oxygen atoms in total. The number of amides is 1. The van der Waals surface area contributed by atoms with Gasteiger partial charge >= 0.3 is 0 Å².